The van der Waals surface area contributed by atoms with Crippen molar-refractivity contribution in [2.45, 2.75) is 45.5 Å². The molecule has 0 radical (unpaired) electrons. The summed E-state index contributed by atoms with van der Waals surface area (Å²) in [7, 11) is 3.01. The Morgan fingerprint density at radius 3 is 2.50 bits per heavy atom. The van der Waals surface area contributed by atoms with Gasteiger partial charge in [-0.1, -0.05) is 20.8 Å². The number of urea groups is 1. The number of rotatable bonds is 5. The summed E-state index contributed by atoms with van der Waals surface area (Å²) in [6, 6.07) is -0.147. The average molecular weight is 288 g/mol. The molecule has 118 valence electrons. The zero-order valence-corrected chi connectivity index (χ0v) is 13.2. The van der Waals surface area contributed by atoms with Crippen molar-refractivity contribution >= 4 is 6.03 Å². The number of nitrogens with zero attached hydrogens (tertiary/aromatic N) is 1. The number of nitrogens with one attached hydrogen (secondary N) is 1. The molecule has 0 aromatic heterocycles. The lowest BCUT2D eigenvalue weighted by Gasteiger charge is -2.43. The van der Waals surface area contributed by atoms with Crippen LogP contribution in [0.25, 0.3) is 0 Å². The van der Waals surface area contributed by atoms with E-state index in [4.69, 9.17) is 9.47 Å². The molecule has 0 spiro atoms. The van der Waals surface area contributed by atoms with Crippen LogP contribution in [0.2, 0.25) is 0 Å². The Kier molecular flexibility index (Phi) is 5.79. The fraction of sp³-hybridized carbons (Fsp3) is 0.929. The van der Waals surface area contributed by atoms with E-state index in [0.29, 0.717) is 19.5 Å². The fourth-order valence-corrected chi connectivity index (χ4v) is 2.19. The summed E-state index contributed by atoms with van der Waals surface area (Å²) in [4.78, 5) is 13.7. The number of hydrogen-bond acceptors (Lipinski definition) is 4. The van der Waals surface area contributed by atoms with Gasteiger partial charge in [0.2, 0.25) is 0 Å². The number of β-amino-alcohol motifs (C(OH)–C–C–N with tert-alkyl or cyclic N) is 1. The molecular formula is C14H28N2O4. The SMILES string of the molecule is CCC(C)(C)CNC(=O)N1CCC(OC)(OC)C(O)C1. The van der Waals surface area contributed by atoms with Gasteiger partial charge in [-0.3, -0.25) is 0 Å². The summed E-state index contributed by atoms with van der Waals surface area (Å²) in [5, 5.41) is 13.1. The lowest BCUT2D eigenvalue weighted by Crippen LogP contribution is -2.60. The van der Waals surface area contributed by atoms with Crippen LogP contribution < -0.4 is 5.32 Å². The number of hydrogen-bond donors (Lipinski definition) is 2. The van der Waals surface area contributed by atoms with Crippen LogP contribution in [-0.2, 0) is 9.47 Å². The number of ether oxygens (including phenoxy) is 2. The van der Waals surface area contributed by atoms with E-state index in [1.54, 1.807) is 4.90 Å². The Balaban J connectivity index is 2.53. The van der Waals surface area contributed by atoms with Crippen LogP contribution in [0.1, 0.15) is 33.6 Å². The number of carbonyl (C=O) groups excluding carboxylic acids is 1. The first kappa shape index (κ1) is 17.2. The third-order valence-electron chi connectivity index (χ3n) is 4.28. The molecular weight excluding hydrogens is 260 g/mol. The molecule has 6 heteroatoms. The van der Waals surface area contributed by atoms with E-state index in [9.17, 15) is 9.90 Å². The molecule has 1 fully saturated rings. The summed E-state index contributed by atoms with van der Waals surface area (Å²) >= 11 is 0. The maximum absolute atomic E-state index is 12.1. The lowest BCUT2D eigenvalue weighted by atomic mass is 9.90. The van der Waals surface area contributed by atoms with Gasteiger partial charge in [0.1, 0.15) is 6.10 Å². The second-order valence-electron chi connectivity index (χ2n) is 6.11. The highest BCUT2D eigenvalue weighted by Crippen LogP contribution is 2.27. The monoisotopic (exact) mass is 288 g/mol. The lowest BCUT2D eigenvalue weighted by molar-refractivity contribution is -0.275. The van der Waals surface area contributed by atoms with Crippen LogP contribution in [0.4, 0.5) is 4.79 Å². The molecule has 0 bridgehead atoms. The first-order valence-electron chi connectivity index (χ1n) is 7.11. The van der Waals surface area contributed by atoms with Crippen molar-refractivity contribution in [3.63, 3.8) is 0 Å². The van der Waals surface area contributed by atoms with Crippen LogP contribution in [0, 0.1) is 5.41 Å². The molecule has 0 aliphatic carbocycles. The van der Waals surface area contributed by atoms with E-state index in [1.807, 2.05) is 0 Å². The third kappa shape index (κ3) is 3.84. The Morgan fingerprint density at radius 2 is 2.05 bits per heavy atom. The zero-order valence-electron chi connectivity index (χ0n) is 13.2. The molecule has 1 heterocycles. The summed E-state index contributed by atoms with van der Waals surface area (Å²) in [6.45, 7) is 7.65. The minimum absolute atomic E-state index is 0.0763. The van der Waals surface area contributed by atoms with Gasteiger partial charge in [0, 0.05) is 33.7 Å². The van der Waals surface area contributed by atoms with E-state index >= 15 is 0 Å². The fourth-order valence-electron chi connectivity index (χ4n) is 2.19. The molecule has 1 saturated heterocycles. The van der Waals surface area contributed by atoms with Gasteiger partial charge in [-0.25, -0.2) is 4.79 Å². The molecule has 1 aliphatic rings. The van der Waals surface area contributed by atoms with Gasteiger partial charge in [-0.2, -0.15) is 0 Å². The van der Waals surface area contributed by atoms with Crippen molar-refractivity contribution in [3.05, 3.63) is 0 Å². The minimum atomic E-state index is -1.00. The van der Waals surface area contributed by atoms with Crippen LogP contribution in [0.3, 0.4) is 0 Å². The molecule has 1 unspecified atom stereocenters. The van der Waals surface area contributed by atoms with Crippen LogP contribution >= 0.6 is 0 Å². The predicted octanol–water partition coefficient (Wildman–Crippen LogP) is 1.19. The van der Waals surface area contributed by atoms with Crippen molar-refractivity contribution in [3.8, 4) is 0 Å². The number of amides is 2. The maximum atomic E-state index is 12.1. The summed E-state index contributed by atoms with van der Waals surface area (Å²) in [5.74, 6) is -1.00. The standard InChI is InChI=1S/C14H28N2O4/c1-6-13(2,3)10-15-12(18)16-8-7-14(19-4,20-5)11(17)9-16/h11,17H,6-10H2,1-5H3,(H,15,18). The molecule has 20 heavy (non-hydrogen) atoms. The molecule has 2 N–H and O–H groups in total. The highest BCUT2D eigenvalue weighted by Gasteiger charge is 2.44. The largest absolute Gasteiger partial charge is 0.386 e. The van der Waals surface area contributed by atoms with Crippen molar-refractivity contribution in [1.29, 1.82) is 0 Å². The first-order chi connectivity index (χ1) is 9.30. The predicted molar refractivity (Wildman–Crippen MR) is 76.4 cm³/mol. The van der Waals surface area contributed by atoms with E-state index < -0.39 is 11.9 Å². The highest BCUT2D eigenvalue weighted by atomic mass is 16.7. The average Bonchev–Trinajstić information content (AvgIpc) is 2.45. The number of piperidine rings is 1. The molecule has 1 rings (SSSR count). The maximum Gasteiger partial charge on any atom is 0.317 e. The Hall–Kier alpha value is -0.850. The van der Waals surface area contributed by atoms with Gasteiger partial charge in [0.05, 0.1) is 6.54 Å². The normalized spacial score (nSPS) is 22.7. The second-order valence-corrected chi connectivity index (χ2v) is 6.11. The van der Waals surface area contributed by atoms with Crippen molar-refractivity contribution in [2.24, 2.45) is 5.41 Å². The van der Waals surface area contributed by atoms with Gasteiger partial charge < -0.3 is 24.8 Å². The molecule has 1 aliphatic heterocycles. The molecule has 0 aromatic rings. The molecule has 0 saturated carbocycles. The van der Waals surface area contributed by atoms with E-state index in [1.165, 1.54) is 14.2 Å². The zero-order chi connectivity index (χ0) is 15.4. The number of aliphatic hydroxyl groups excluding tert-OH is 1. The van der Waals surface area contributed by atoms with Gasteiger partial charge in [0.15, 0.2) is 5.79 Å². The van der Waals surface area contributed by atoms with Crippen molar-refractivity contribution in [1.82, 2.24) is 10.2 Å². The molecule has 2 amide bonds. The molecule has 6 nitrogen and oxygen atoms in total. The third-order valence-corrected chi connectivity index (χ3v) is 4.28. The Labute approximate surface area is 121 Å². The van der Waals surface area contributed by atoms with Crippen molar-refractivity contribution in [2.75, 3.05) is 33.9 Å². The summed E-state index contributed by atoms with van der Waals surface area (Å²) < 4.78 is 10.5. The smallest absolute Gasteiger partial charge is 0.317 e. The Bertz CT molecular complexity index is 329. The summed E-state index contributed by atoms with van der Waals surface area (Å²) in [5.41, 5.74) is 0.0763. The van der Waals surface area contributed by atoms with Crippen LogP contribution in [0.5, 0.6) is 0 Å². The van der Waals surface area contributed by atoms with Gasteiger partial charge >= 0.3 is 6.03 Å². The number of aliphatic hydroxyl groups is 1. The van der Waals surface area contributed by atoms with E-state index in [0.717, 1.165) is 6.42 Å². The second kappa shape index (κ2) is 6.74. The molecule has 1 atom stereocenters. The number of likely N-dealkylation sites (tertiary alicyclic amines) is 1. The summed E-state index contributed by atoms with van der Waals surface area (Å²) in [6.07, 6.45) is 0.592. The van der Waals surface area contributed by atoms with Gasteiger partial charge in [0.25, 0.3) is 0 Å². The molecule has 0 aromatic carbocycles. The topological polar surface area (TPSA) is 71.0 Å². The van der Waals surface area contributed by atoms with Gasteiger partial charge in [-0.15, -0.1) is 0 Å². The first-order valence-corrected chi connectivity index (χ1v) is 7.11. The Morgan fingerprint density at radius 1 is 1.45 bits per heavy atom. The highest BCUT2D eigenvalue weighted by molar-refractivity contribution is 5.74. The number of carbonyl (C=O) groups is 1. The minimum Gasteiger partial charge on any atom is -0.386 e. The van der Waals surface area contributed by atoms with E-state index in [2.05, 4.69) is 26.1 Å². The van der Waals surface area contributed by atoms with Gasteiger partial charge in [-0.05, 0) is 11.8 Å². The quantitative estimate of drug-likeness (QED) is 0.745. The van der Waals surface area contributed by atoms with Crippen LogP contribution in [0.15, 0.2) is 0 Å². The number of methoxy groups -OCH3 is 2. The van der Waals surface area contributed by atoms with E-state index in [-0.39, 0.29) is 18.0 Å². The van der Waals surface area contributed by atoms with Crippen molar-refractivity contribution < 1.29 is 19.4 Å². The van der Waals surface area contributed by atoms with Crippen LogP contribution in [-0.4, -0.2) is 61.8 Å².